The van der Waals surface area contributed by atoms with Gasteiger partial charge in [0.25, 0.3) is 0 Å². The quantitative estimate of drug-likeness (QED) is 0.0361. The Morgan fingerprint density at radius 3 is 1.18 bits per heavy atom. The second-order valence-electron chi connectivity index (χ2n) is 14.7. The van der Waals surface area contributed by atoms with Crippen LogP contribution < -0.4 is 0 Å². The third-order valence-corrected chi connectivity index (χ3v) is 9.37. The van der Waals surface area contributed by atoms with E-state index < -0.39 is 0 Å². The van der Waals surface area contributed by atoms with Crippen LogP contribution >= 0.6 is 0 Å². The second kappa shape index (κ2) is 37.6. The Bertz CT molecular complexity index is 743. The van der Waals surface area contributed by atoms with Crippen LogP contribution in [0, 0.1) is 0 Å². The summed E-state index contributed by atoms with van der Waals surface area (Å²) in [5.74, 6) is -0.164. The lowest BCUT2D eigenvalue weighted by Crippen LogP contribution is -2.20. The van der Waals surface area contributed by atoms with Gasteiger partial charge in [0.1, 0.15) is 6.10 Å². The summed E-state index contributed by atoms with van der Waals surface area (Å²) in [6, 6.07) is 0. The molecule has 7 nitrogen and oxygen atoms in total. The van der Waals surface area contributed by atoms with Gasteiger partial charge in [-0.05, 0) is 78.4 Å². The van der Waals surface area contributed by atoms with E-state index in [4.69, 9.17) is 14.2 Å². The molecule has 0 fully saturated rings. The maximum atomic E-state index is 12.5. The first-order valence-corrected chi connectivity index (χ1v) is 21.0. The van der Waals surface area contributed by atoms with Crippen molar-refractivity contribution in [2.24, 2.45) is 0 Å². The van der Waals surface area contributed by atoms with E-state index >= 15 is 0 Å². The predicted octanol–water partition coefficient (Wildman–Crippen LogP) is 11.7. The van der Waals surface area contributed by atoms with E-state index in [2.05, 4.69) is 18.7 Å². The van der Waals surface area contributed by atoms with E-state index in [-0.39, 0.29) is 24.0 Å². The van der Waals surface area contributed by atoms with Crippen molar-refractivity contribution in [2.45, 2.75) is 219 Å². The lowest BCUT2D eigenvalue weighted by molar-refractivity contribution is -0.150. The molecule has 0 aromatic rings. The maximum Gasteiger partial charge on any atom is 0.306 e. The molecule has 0 aliphatic heterocycles. The molecule has 0 aliphatic carbocycles. The minimum Gasteiger partial charge on any atom is -0.466 e. The molecule has 49 heavy (non-hydrogen) atoms. The summed E-state index contributed by atoms with van der Waals surface area (Å²) < 4.78 is 16.8. The molecule has 0 radical (unpaired) electrons. The molecule has 1 atom stereocenters. The smallest absolute Gasteiger partial charge is 0.306 e. The van der Waals surface area contributed by atoms with Crippen molar-refractivity contribution in [3.8, 4) is 0 Å². The van der Waals surface area contributed by atoms with Crippen LogP contribution in [0.3, 0.4) is 0 Å². The monoisotopic (exact) mass is 696 g/mol. The number of carbonyl (C=O) groups excluding carboxylic acids is 3. The van der Waals surface area contributed by atoms with Gasteiger partial charge in [-0.25, -0.2) is 0 Å². The molecule has 0 rings (SSSR count). The Labute approximate surface area is 303 Å². The third-order valence-electron chi connectivity index (χ3n) is 9.37. The topological polar surface area (TPSA) is 82.1 Å². The fraction of sp³-hybridized carbons (Fsp3) is 0.929. The molecule has 7 heteroatoms. The number of hydrogen-bond donors (Lipinski definition) is 0. The molecule has 0 saturated heterocycles. The molecular weight excluding hydrogens is 614 g/mol. The highest BCUT2D eigenvalue weighted by Gasteiger charge is 2.14. The number of unbranched alkanes of at least 4 members (excludes halogenated alkanes) is 21. The van der Waals surface area contributed by atoms with Gasteiger partial charge in [0.05, 0.1) is 13.2 Å². The third kappa shape index (κ3) is 37.5. The highest BCUT2D eigenvalue weighted by Crippen LogP contribution is 2.18. The average Bonchev–Trinajstić information content (AvgIpc) is 3.07. The first kappa shape index (κ1) is 47.4. The first-order chi connectivity index (χ1) is 23.9. The van der Waals surface area contributed by atoms with Gasteiger partial charge >= 0.3 is 17.9 Å². The Kier molecular flexibility index (Phi) is 36.4. The van der Waals surface area contributed by atoms with Crippen molar-refractivity contribution in [1.82, 2.24) is 4.90 Å². The van der Waals surface area contributed by atoms with Gasteiger partial charge in [-0.3, -0.25) is 14.4 Å². The zero-order valence-electron chi connectivity index (χ0n) is 33.0. The van der Waals surface area contributed by atoms with Crippen molar-refractivity contribution in [2.75, 3.05) is 33.9 Å². The minimum atomic E-state index is -0.0688. The number of esters is 3. The average molecular weight is 696 g/mol. The Hall–Kier alpha value is -1.63. The van der Waals surface area contributed by atoms with E-state index in [1.807, 2.05) is 14.1 Å². The Balaban J connectivity index is 4.02. The largest absolute Gasteiger partial charge is 0.466 e. The SMILES string of the molecule is CCCCCCCCCOC(=O)CCCCCCCCC(CCCCCCCC(=O)OCCCCCCCCC)OC(=O)CCCN(C)C. The van der Waals surface area contributed by atoms with Gasteiger partial charge in [0.2, 0.25) is 0 Å². The van der Waals surface area contributed by atoms with Crippen LogP contribution in [-0.4, -0.2) is 62.8 Å². The van der Waals surface area contributed by atoms with Gasteiger partial charge in [0, 0.05) is 19.3 Å². The normalized spacial score (nSPS) is 11.9. The number of nitrogens with zero attached hydrogens (tertiary/aromatic N) is 1. The summed E-state index contributed by atoms with van der Waals surface area (Å²) in [6.07, 6.45) is 33.0. The standard InChI is InChI=1S/C42H81NO6/c1-5-7-9-11-15-22-28-37-47-40(44)33-26-20-14-13-18-24-31-39(49-42(46)35-30-36-43(3)4)32-25-19-17-21-27-34-41(45)48-38-29-23-16-12-10-8-6-2/h39H,5-38H2,1-4H3. The summed E-state index contributed by atoms with van der Waals surface area (Å²) in [5.41, 5.74) is 0. The lowest BCUT2D eigenvalue weighted by Gasteiger charge is -2.18. The van der Waals surface area contributed by atoms with Crippen LogP contribution in [0.15, 0.2) is 0 Å². The van der Waals surface area contributed by atoms with Crippen molar-refractivity contribution in [3.05, 3.63) is 0 Å². The van der Waals surface area contributed by atoms with Crippen molar-refractivity contribution in [1.29, 1.82) is 0 Å². The highest BCUT2D eigenvalue weighted by atomic mass is 16.5. The highest BCUT2D eigenvalue weighted by molar-refractivity contribution is 5.70. The van der Waals surface area contributed by atoms with E-state index in [1.54, 1.807) is 0 Å². The molecule has 0 N–H and O–H groups in total. The van der Waals surface area contributed by atoms with Gasteiger partial charge in [-0.1, -0.05) is 136 Å². The molecule has 0 amide bonds. The fourth-order valence-corrected chi connectivity index (χ4v) is 6.20. The zero-order valence-corrected chi connectivity index (χ0v) is 33.0. The summed E-state index contributed by atoms with van der Waals surface area (Å²) >= 11 is 0. The first-order valence-electron chi connectivity index (χ1n) is 21.0. The van der Waals surface area contributed by atoms with Gasteiger partial charge in [-0.15, -0.1) is 0 Å². The minimum absolute atomic E-state index is 0.000380. The van der Waals surface area contributed by atoms with E-state index in [0.29, 0.717) is 32.5 Å². The molecule has 0 saturated carbocycles. The second-order valence-corrected chi connectivity index (χ2v) is 14.7. The predicted molar refractivity (Wildman–Crippen MR) is 205 cm³/mol. The van der Waals surface area contributed by atoms with Crippen molar-refractivity contribution < 1.29 is 28.6 Å². The van der Waals surface area contributed by atoms with E-state index in [1.165, 1.54) is 64.2 Å². The molecule has 0 aromatic heterocycles. The summed E-state index contributed by atoms with van der Waals surface area (Å²) in [6.45, 7) is 6.50. The van der Waals surface area contributed by atoms with Crippen LogP contribution in [0.1, 0.15) is 213 Å². The number of carbonyl (C=O) groups is 3. The Morgan fingerprint density at radius 1 is 0.429 bits per heavy atom. The van der Waals surface area contributed by atoms with E-state index in [9.17, 15) is 14.4 Å². The van der Waals surface area contributed by atoms with Crippen LogP contribution in [-0.2, 0) is 28.6 Å². The number of rotatable bonds is 38. The van der Waals surface area contributed by atoms with Crippen molar-refractivity contribution in [3.63, 3.8) is 0 Å². The Morgan fingerprint density at radius 2 is 0.776 bits per heavy atom. The summed E-state index contributed by atoms with van der Waals surface area (Å²) in [7, 11) is 4.05. The molecule has 0 heterocycles. The van der Waals surface area contributed by atoms with Crippen LogP contribution in [0.5, 0.6) is 0 Å². The van der Waals surface area contributed by atoms with E-state index in [0.717, 1.165) is 122 Å². The van der Waals surface area contributed by atoms with Gasteiger partial charge < -0.3 is 19.1 Å². The van der Waals surface area contributed by atoms with Crippen molar-refractivity contribution >= 4 is 17.9 Å². The van der Waals surface area contributed by atoms with Crippen LogP contribution in [0.25, 0.3) is 0 Å². The summed E-state index contributed by atoms with van der Waals surface area (Å²) in [5, 5.41) is 0. The fourth-order valence-electron chi connectivity index (χ4n) is 6.20. The van der Waals surface area contributed by atoms with Crippen LogP contribution in [0.4, 0.5) is 0 Å². The number of hydrogen-bond acceptors (Lipinski definition) is 7. The van der Waals surface area contributed by atoms with Gasteiger partial charge in [-0.2, -0.15) is 0 Å². The molecule has 0 bridgehead atoms. The molecule has 0 spiro atoms. The zero-order chi connectivity index (χ0) is 36.0. The molecule has 0 aliphatic rings. The van der Waals surface area contributed by atoms with Crippen LogP contribution in [0.2, 0.25) is 0 Å². The molecule has 0 aromatic carbocycles. The molecule has 1 unspecified atom stereocenters. The molecule has 290 valence electrons. The number of ether oxygens (including phenoxy) is 3. The molecular formula is C42H81NO6. The lowest BCUT2D eigenvalue weighted by atomic mass is 10.0. The van der Waals surface area contributed by atoms with Gasteiger partial charge in [0.15, 0.2) is 0 Å². The summed E-state index contributed by atoms with van der Waals surface area (Å²) in [4.78, 5) is 38.6. The maximum absolute atomic E-state index is 12.5.